The van der Waals surface area contributed by atoms with Gasteiger partial charge in [-0.15, -0.1) is 0 Å². The van der Waals surface area contributed by atoms with Crippen LogP contribution in [0.2, 0.25) is 0 Å². The van der Waals surface area contributed by atoms with Gasteiger partial charge in [-0.3, -0.25) is 9.69 Å². The molecule has 2 aliphatic heterocycles. The third kappa shape index (κ3) is 2.38. The van der Waals surface area contributed by atoms with Crippen molar-refractivity contribution < 1.29 is 4.79 Å². The highest BCUT2D eigenvalue weighted by atomic mass is 16.2. The van der Waals surface area contributed by atoms with Gasteiger partial charge in [0.1, 0.15) is 0 Å². The molecule has 2 rings (SSSR count). The molecule has 4 nitrogen and oxygen atoms in total. The average molecular weight is 225 g/mol. The number of rotatable bonds is 2. The summed E-state index contributed by atoms with van der Waals surface area (Å²) in [6.45, 7) is 8.10. The summed E-state index contributed by atoms with van der Waals surface area (Å²) in [4.78, 5) is 19.0. The van der Waals surface area contributed by atoms with Crippen molar-refractivity contribution in [3.8, 4) is 0 Å². The molecule has 0 aliphatic carbocycles. The summed E-state index contributed by atoms with van der Waals surface area (Å²) in [7, 11) is 2.12. The van der Waals surface area contributed by atoms with Crippen LogP contribution in [0.25, 0.3) is 0 Å². The van der Waals surface area contributed by atoms with Crippen LogP contribution in [-0.2, 0) is 4.79 Å². The molecule has 1 unspecified atom stereocenters. The molecule has 0 aromatic rings. The minimum atomic E-state index is 0.174. The van der Waals surface area contributed by atoms with Crippen LogP contribution in [0.1, 0.15) is 19.8 Å². The predicted octanol–water partition coefficient (Wildman–Crippen LogP) is 0.245. The Morgan fingerprint density at radius 1 is 1.19 bits per heavy atom. The van der Waals surface area contributed by atoms with Gasteiger partial charge >= 0.3 is 0 Å². The zero-order valence-electron chi connectivity index (χ0n) is 10.5. The Kier molecular flexibility index (Phi) is 3.82. The van der Waals surface area contributed by atoms with E-state index in [-0.39, 0.29) is 6.04 Å². The first kappa shape index (κ1) is 11.9. The molecule has 4 heteroatoms. The van der Waals surface area contributed by atoms with Gasteiger partial charge in [-0.2, -0.15) is 0 Å². The second-order valence-electron chi connectivity index (χ2n) is 4.92. The van der Waals surface area contributed by atoms with Crippen molar-refractivity contribution >= 4 is 5.91 Å². The molecule has 0 aromatic heterocycles. The van der Waals surface area contributed by atoms with Gasteiger partial charge in [0.05, 0.1) is 6.04 Å². The smallest absolute Gasteiger partial charge is 0.240 e. The largest absolute Gasteiger partial charge is 0.339 e. The quantitative estimate of drug-likeness (QED) is 0.674. The molecule has 0 radical (unpaired) electrons. The van der Waals surface area contributed by atoms with E-state index in [2.05, 4.69) is 28.7 Å². The highest BCUT2D eigenvalue weighted by Gasteiger charge is 2.33. The Hall–Kier alpha value is -0.610. The van der Waals surface area contributed by atoms with Crippen molar-refractivity contribution in [2.75, 3.05) is 46.3 Å². The Bertz CT molecular complexity index is 249. The summed E-state index contributed by atoms with van der Waals surface area (Å²) >= 11 is 0. The van der Waals surface area contributed by atoms with Crippen molar-refractivity contribution in [2.45, 2.75) is 25.8 Å². The summed E-state index contributed by atoms with van der Waals surface area (Å²) in [5.41, 5.74) is 0. The van der Waals surface area contributed by atoms with Crippen LogP contribution in [-0.4, -0.2) is 73.0 Å². The zero-order valence-corrected chi connectivity index (χ0v) is 10.5. The fraction of sp³-hybridized carbons (Fsp3) is 0.917. The maximum absolute atomic E-state index is 12.3. The molecule has 2 saturated heterocycles. The number of hydrogen-bond donors (Lipinski definition) is 0. The monoisotopic (exact) mass is 225 g/mol. The van der Waals surface area contributed by atoms with Gasteiger partial charge in [-0.05, 0) is 33.0 Å². The molecule has 2 aliphatic rings. The average Bonchev–Trinajstić information content (AvgIpc) is 2.77. The zero-order chi connectivity index (χ0) is 11.5. The van der Waals surface area contributed by atoms with Crippen molar-refractivity contribution in [3.63, 3.8) is 0 Å². The van der Waals surface area contributed by atoms with Crippen LogP contribution in [0.15, 0.2) is 0 Å². The molecule has 0 bridgehead atoms. The Morgan fingerprint density at radius 2 is 1.88 bits per heavy atom. The number of carbonyl (C=O) groups is 1. The van der Waals surface area contributed by atoms with Gasteiger partial charge in [0.2, 0.25) is 5.91 Å². The van der Waals surface area contributed by atoms with E-state index in [1.54, 1.807) is 0 Å². The molecular weight excluding hydrogens is 202 g/mol. The second kappa shape index (κ2) is 5.15. The van der Waals surface area contributed by atoms with E-state index in [4.69, 9.17) is 0 Å². The van der Waals surface area contributed by atoms with E-state index < -0.39 is 0 Å². The van der Waals surface area contributed by atoms with Gasteiger partial charge in [-0.25, -0.2) is 0 Å². The summed E-state index contributed by atoms with van der Waals surface area (Å²) in [5.74, 6) is 0.368. The van der Waals surface area contributed by atoms with Crippen molar-refractivity contribution in [3.05, 3.63) is 0 Å². The number of carbonyl (C=O) groups excluding carboxylic acids is 1. The van der Waals surface area contributed by atoms with Crippen molar-refractivity contribution in [1.82, 2.24) is 14.7 Å². The first-order valence-corrected chi connectivity index (χ1v) is 6.43. The van der Waals surface area contributed by atoms with E-state index in [0.29, 0.717) is 5.91 Å². The van der Waals surface area contributed by atoms with Gasteiger partial charge in [0.25, 0.3) is 0 Å². The molecule has 2 fully saturated rings. The van der Waals surface area contributed by atoms with E-state index in [9.17, 15) is 4.79 Å². The maximum Gasteiger partial charge on any atom is 0.240 e. The first-order valence-electron chi connectivity index (χ1n) is 6.43. The summed E-state index contributed by atoms with van der Waals surface area (Å²) in [5, 5.41) is 0. The highest BCUT2D eigenvalue weighted by molar-refractivity contribution is 5.82. The molecular formula is C12H23N3O. The SMILES string of the molecule is CCN1CCCC1C(=O)N1CCN(C)CC1. The topological polar surface area (TPSA) is 26.8 Å². The van der Waals surface area contributed by atoms with Crippen molar-refractivity contribution in [2.24, 2.45) is 0 Å². The lowest BCUT2D eigenvalue weighted by Crippen LogP contribution is -2.52. The third-order valence-corrected chi connectivity index (χ3v) is 3.87. The minimum Gasteiger partial charge on any atom is -0.339 e. The van der Waals surface area contributed by atoms with Crippen LogP contribution < -0.4 is 0 Å². The van der Waals surface area contributed by atoms with E-state index >= 15 is 0 Å². The van der Waals surface area contributed by atoms with Crippen LogP contribution >= 0.6 is 0 Å². The highest BCUT2D eigenvalue weighted by Crippen LogP contribution is 2.19. The van der Waals surface area contributed by atoms with Crippen LogP contribution in [0.3, 0.4) is 0 Å². The maximum atomic E-state index is 12.3. The Labute approximate surface area is 98.2 Å². The number of likely N-dealkylation sites (tertiary alicyclic amines) is 1. The van der Waals surface area contributed by atoms with E-state index in [1.165, 1.54) is 6.42 Å². The lowest BCUT2D eigenvalue weighted by Gasteiger charge is -2.35. The first-order chi connectivity index (χ1) is 7.72. The molecule has 0 spiro atoms. The predicted molar refractivity (Wildman–Crippen MR) is 64.3 cm³/mol. The van der Waals surface area contributed by atoms with Crippen LogP contribution in [0.4, 0.5) is 0 Å². The molecule has 0 N–H and O–H groups in total. The Morgan fingerprint density at radius 3 is 2.50 bits per heavy atom. The second-order valence-corrected chi connectivity index (χ2v) is 4.92. The number of nitrogens with zero attached hydrogens (tertiary/aromatic N) is 3. The van der Waals surface area contributed by atoms with Gasteiger partial charge in [0, 0.05) is 26.2 Å². The summed E-state index contributed by atoms with van der Waals surface area (Å²) in [6, 6.07) is 0.174. The molecule has 92 valence electrons. The summed E-state index contributed by atoms with van der Waals surface area (Å²) < 4.78 is 0. The van der Waals surface area contributed by atoms with E-state index in [1.807, 2.05) is 0 Å². The van der Waals surface area contributed by atoms with Crippen molar-refractivity contribution in [1.29, 1.82) is 0 Å². The van der Waals surface area contributed by atoms with Gasteiger partial charge in [0.15, 0.2) is 0 Å². The van der Waals surface area contributed by atoms with Gasteiger partial charge in [-0.1, -0.05) is 6.92 Å². The molecule has 2 heterocycles. The fourth-order valence-electron chi connectivity index (χ4n) is 2.72. The molecule has 1 atom stereocenters. The lowest BCUT2D eigenvalue weighted by atomic mass is 10.1. The number of likely N-dealkylation sites (N-methyl/N-ethyl adjacent to an activating group) is 2. The number of hydrogen-bond acceptors (Lipinski definition) is 3. The minimum absolute atomic E-state index is 0.174. The van der Waals surface area contributed by atoms with E-state index in [0.717, 1.165) is 45.7 Å². The van der Waals surface area contributed by atoms with Crippen LogP contribution in [0.5, 0.6) is 0 Å². The lowest BCUT2D eigenvalue weighted by molar-refractivity contribution is -0.137. The number of amides is 1. The summed E-state index contributed by atoms with van der Waals surface area (Å²) in [6.07, 6.45) is 2.23. The molecule has 16 heavy (non-hydrogen) atoms. The standard InChI is InChI=1S/C12H23N3O/c1-3-14-6-4-5-11(14)12(16)15-9-7-13(2)8-10-15/h11H,3-10H2,1-2H3. The molecule has 0 saturated carbocycles. The molecule has 1 amide bonds. The van der Waals surface area contributed by atoms with Gasteiger partial charge < -0.3 is 9.80 Å². The van der Waals surface area contributed by atoms with Crippen LogP contribution in [0, 0.1) is 0 Å². The molecule has 0 aromatic carbocycles. The third-order valence-electron chi connectivity index (χ3n) is 3.87. The normalized spacial score (nSPS) is 28.6. The number of piperazine rings is 1. The Balaban J connectivity index is 1.91. The fourth-order valence-corrected chi connectivity index (χ4v) is 2.72.